The zero-order valence-corrected chi connectivity index (χ0v) is 20.2. The Morgan fingerprint density at radius 2 is 1.64 bits per heavy atom. The van der Waals surface area contributed by atoms with Crippen molar-refractivity contribution in [1.29, 1.82) is 0 Å². The normalized spacial score (nSPS) is 12.3. The summed E-state index contributed by atoms with van der Waals surface area (Å²) in [7, 11) is 1.62. The van der Waals surface area contributed by atoms with E-state index in [1.165, 1.54) is 0 Å². The Morgan fingerprint density at radius 3 is 2.30 bits per heavy atom. The van der Waals surface area contributed by atoms with Gasteiger partial charge in [0.2, 0.25) is 11.8 Å². The minimum Gasteiger partial charge on any atom is -0.497 e. The Kier molecular flexibility index (Phi) is 7.75. The lowest BCUT2D eigenvalue weighted by molar-refractivity contribution is -0.141. The van der Waals surface area contributed by atoms with Crippen molar-refractivity contribution in [2.75, 3.05) is 7.11 Å². The van der Waals surface area contributed by atoms with Gasteiger partial charge in [0, 0.05) is 18.5 Å². The van der Waals surface area contributed by atoms with Crippen LogP contribution in [0.1, 0.15) is 45.2 Å². The fourth-order valence-corrected chi connectivity index (χ4v) is 3.88. The Balaban J connectivity index is 1.80. The number of rotatable bonds is 8. The molecule has 33 heavy (non-hydrogen) atoms. The molecule has 0 aliphatic heterocycles. The summed E-state index contributed by atoms with van der Waals surface area (Å²) in [5, 5.41) is 5.33. The van der Waals surface area contributed by atoms with Gasteiger partial charge in [-0.2, -0.15) is 0 Å². The monoisotopic (exact) mass is 446 g/mol. The van der Waals surface area contributed by atoms with Crippen LogP contribution in [0.2, 0.25) is 0 Å². The van der Waals surface area contributed by atoms with Crippen LogP contribution in [0.15, 0.2) is 66.7 Å². The average molecular weight is 447 g/mol. The van der Waals surface area contributed by atoms with Crippen molar-refractivity contribution in [2.45, 2.75) is 58.7 Å². The third-order valence-electron chi connectivity index (χ3n) is 5.67. The highest BCUT2D eigenvalue weighted by molar-refractivity contribution is 5.89. The Morgan fingerprint density at radius 1 is 0.970 bits per heavy atom. The third-order valence-corrected chi connectivity index (χ3v) is 5.67. The second-order valence-electron chi connectivity index (χ2n) is 9.42. The molecule has 0 spiro atoms. The van der Waals surface area contributed by atoms with Crippen LogP contribution in [-0.4, -0.2) is 35.4 Å². The second kappa shape index (κ2) is 10.5. The number of ether oxygens (including phenoxy) is 1. The number of methoxy groups -OCH3 is 1. The van der Waals surface area contributed by atoms with Gasteiger partial charge in [-0.3, -0.25) is 9.59 Å². The summed E-state index contributed by atoms with van der Waals surface area (Å²) in [5.41, 5.74) is 1.71. The molecule has 0 fully saturated rings. The van der Waals surface area contributed by atoms with Crippen LogP contribution >= 0.6 is 0 Å². The van der Waals surface area contributed by atoms with E-state index in [2.05, 4.69) is 29.6 Å². The van der Waals surface area contributed by atoms with Crippen molar-refractivity contribution < 1.29 is 14.3 Å². The Labute approximate surface area is 196 Å². The van der Waals surface area contributed by atoms with Crippen molar-refractivity contribution in [1.82, 2.24) is 10.2 Å². The van der Waals surface area contributed by atoms with Crippen LogP contribution in [-0.2, 0) is 22.6 Å². The number of hydrogen-bond donors (Lipinski definition) is 1. The molecule has 174 valence electrons. The predicted molar refractivity (Wildman–Crippen MR) is 133 cm³/mol. The van der Waals surface area contributed by atoms with Crippen molar-refractivity contribution in [3.05, 3.63) is 77.9 Å². The molecule has 1 atom stereocenters. The molecular weight excluding hydrogens is 412 g/mol. The molecule has 2 amide bonds. The quantitative estimate of drug-likeness (QED) is 0.523. The largest absolute Gasteiger partial charge is 0.497 e. The van der Waals surface area contributed by atoms with Crippen molar-refractivity contribution >= 4 is 22.6 Å². The number of nitrogens with one attached hydrogen (secondary N) is 1. The smallest absolute Gasteiger partial charge is 0.242 e. The van der Waals surface area contributed by atoms with Crippen molar-refractivity contribution in [3.63, 3.8) is 0 Å². The predicted octanol–water partition coefficient (Wildman–Crippen LogP) is 5.11. The fraction of sp³-hybridized carbons (Fsp3) is 0.357. The van der Waals surface area contributed by atoms with E-state index in [4.69, 9.17) is 4.74 Å². The van der Waals surface area contributed by atoms with E-state index in [1.54, 1.807) is 18.9 Å². The van der Waals surface area contributed by atoms with E-state index in [-0.39, 0.29) is 17.4 Å². The first kappa shape index (κ1) is 24.3. The Bertz CT molecular complexity index is 1090. The van der Waals surface area contributed by atoms with Crippen molar-refractivity contribution in [3.8, 4) is 5.75 Å². The lowest BCUT2D eigenvalue weighted by atomic mass is 10.0. The SMILES string of the molecule is COc1ccc(CN(C(=O)CCc2cccc3ccccc23)[C@@H](C)C(=O)NC(C)(C)C)cc1. The van der Waals surface area contributed by atoms with Crippen LogP contribution < -0.4 is 10.1 Å². The maximum atomic E-state index is 13.4. The first-order chi connectivity index (χ1) is 15.7. The minimum absolute atomic E-state index is 0.0460. The summed E-state index contributed by atoms with van der Waals surface area (Å²) >= 11 is 0. The highest BCUT2D eigenvalue weighted by Gasteiger charge is 2.28. The molecule has 0 heterocycles. The number of carbonyl (C=O) groups excluding carboxylic acids is 2. The molecular formula is C28H34N2O3. The van der Waals surface area contributed by atoms with Gasteiger partial charge in [-0.1, -0.05) is 54.6 Å². The van der Waals surface area contributed by atoms with E-state index in [9.17, 15) is 9.59 Å². The number of hydrogen-bond acceptors (Lipinski definition) is 3. The highest BCUT2D eigenvalue weighted by atomic mass is 16.5. The molecule has 0 aliphatic carbocycles. The van der Waals surface area contributed by atoms with Gasteiger partial charge in [-0.05, 0) is 68.1 Å². The van der Waals surface area contributed by atoms with E-state index in [1.807, 2.05) is 63.2 Å². The molecule has 0 saturated carbocycles. The molecule has 0 aromatic heterocycles. The van der Waals surface area contributed by atoms with Gasteiger partial charge in [0.25, 0.3) is 0 Å². The molecule has 0 aliphatic rings. The fourth-order valence-electron chi connectivity index (χ4n) is 3.88. The van der Waals surface area contributed by atoms with Gasteiger partial charge < -0.3 is 15.0 Å². The van der Waals surface area contributed by atoms with Gasteiger partial charge >= 0.3 is 0 Å². The number of nitrogens with zero attached hydrogens (tertiary/aromatic N) is 1. The summed E-state index contributed by atoms with van der Waals surface area (Å²) < 4.78 is 5.24. The zero-order valence-electron chi connectivity index (χ0n) is 20.2. The summed E-state index contributed by atoms with van der Waals surface area (Å²) in [5.74, 6) is 0.552. The van der Waals surface area contributed by atoms with Crippen LogP contribution in [0.25, 0.3) is 10.8 Å². The van der Waals surface area contributed by atoms with Gasteiger partial charge in [0.1, 0.15) is 11.8 Å². The summed E-state index contributed by atoms with van der Waals surface area (Å²) in [6.07, 6.45) is 0.949. The molecule has 5 nitrogen and oxygen atoms in total. The van der Waals surface area contributed by atoms with E-state index in [0.29, 0.717) is 19.4 Å². The molecule has 3 rings (SSSR count). The molecule has 1 N–H and O–H groups in total. The Hall–Kier alpha value is -3.34. The van der Waals surface area contributed by atoms with E-state index < -0.39 is 6.04 Å². The second-order valence-corrected chi connectivity index (χ2v) is 9.42. The van der Waals surface area contributed by atoms with Gasteiger partial charge in [0.05, 0.1) is 7.11 Å². The highest BCUT2D eigenvalue weighted by Crippen LogP contribution is 2.21. The van der Waals surface area contributed by atoms with Crippen LogP contribution in [0, 0.1) is 0 Å². The van der Waals surface area contributed by atoms with Gasteiger partial charge in [-0.15, -0.1) is 0 Å². The first-order valence-corrected chi connectivity index (χ1v) is 11.4. The topological polar surface area (TPSA) is 58.6 Å². The maximum Gasteiger partial charge on any atom is 0.242 e. The van der Waals surface area contributed by atoms with Gasteiger partial charge in [0.15, 0.2) is 0 Å². The summed E-state index contributed by atoms with van der Waals surface area (Å²) in [6, 6.07) is 21.4. The molecule has 0 radical (unpaired) electrons. The minimum atomic E-state index is -0.591. The molecule has 3 aromatic rings. The maximum absolute atomic E-state index is 13.4. The van der Waals surface area contributed by atoms with Crippen LogP contribution in [0.5, 0.6) is 5.75 Å². The molecule has 3 aromatic carbocycles. The average Bonchev–Trinajstić information content (AvgIpc) is 2.79. The summed E-state index contributed by atoms with van der Waals surface area (Å²) in [4.78, 5) is 28.0. The summed E-state index contributed by atoms with van der Waals surface area (Å²) in [6.45, 7) is 7.97. The molecule has 0 saturated heterocycles. The third kappa shape index (κ3) is 6.58. The first-order valence-electron chi connectivity index (χ1n) is 11.4. The lowest BCUT2D eigenvalue weighted by Gasteiger charge is -2.31. The number of amides is 2. The van der Waals surface area contributed by atoms with Crippen LogP contribution in [0.4, 0.5) is 0 Å². The molecule has 0 unspecified atom stereocenters. The number of benzene rings is 3. The number of carbonyl (C=O) groups is 2. The van der Waals surface area contributed by atoms with Crippen molar-refractivity contribution in [2.24, 2.45) is 0 Å². The van der Waals surface area contributed by atoms with Gasteiger partial charge in [-0.25, -0.2) is 0 Å². The molecule has 0 bridgehead atoms. The molecule has 5 heteroatoms. The van der Waals surface area contributed by atoms with E-state index >= 15 is 0 Å². The number of fused-ring (bicyclic) bond motifs is 1. The lowest BCUT2D eigenvalue weighted by Crippen LogP contribution is -2.52. The van der Waals surface area contributed by atoms with Crippen LogP contribution in [0.3, 0.4) is 0 Å². The zero-order chi connectivity index (χ0) is 24.0. The standard InChI is InChI=1S/C28H34N2O3/c1-20(27(32)29-28(2,3)4)30(19-21-13-16-24(33-5)17-14-21)26(31)18-15-23-11-8-10-22-9-6-7-12-25(22)23/h6-14,16-17,20H,15,18-19H2,1-5H3,(H,29,32)/t20-/m0/s1. The number of aryl methyl sites for hydroxylation is 1. The van der Waals surface area contributed by atoms with E-state index in [0.717, 1.165) is 27.6 Å².